The zero-order chi connectivity index (χ0) is 17.5. The van der Waals surface area contributed by atoms with Crippen molar-refractivity contribution in [3.63, 3.8) is 0 Å². The van der Waals surface area contributed by atoms with Gasteiger partial charge in [0.1, 0.15) is 0 Å². The quantitative estimate of drug-likeness (QED) is 0.822. The normalized spacial score (nSPS) is 16.0. The van der Waals surface area contributed by atoms with Crippen LogP contribution < -0.4 is 4.72 Å². The average molecular weight is 360 g/mol. The molecule has 3 rings (SSSR count). The zero-order valence-corrected chi connectivity index (χ0v) is 15.0. The Morgan fingerprint density at radius 2 is 1.52 bits per heavy atom. The van der Waals surface area contributed by atoms with Gasteiger partial charge in [-0.2, -0.15) is 0 Å². The molecule has 0 aliphatic carbocycles. The summed E-state index contributed by atoms with van der Waals surface area (Å²) in [7, 11) is -3.34. The van der Waals surface area contributed by atoms with Crippen LogP contribution >= 0.6 is 0 Å². The summed E-state index contributed by atoms with van der Waals surface area (Å²) in [5.74, 6) is 0.00293. The topological polar surface area (TPSA) is 58.6 Å². The summed E-state index contributed by atoms with van der Waals surface area (Å²) in [6.45, 7) is 4.72. The molecule has 0 unspecified atom stereocenters. The van der Waals surface area contributed by atoms with Crippen LogP contribution in [0.25, 0.3) is 0 Å². The Labute approximate surface area is 149 Å². The molecule has 25 heavy (non-hydrogen) atoms. The van der Waals surface area contributed by atoms with Crippen LogP contribution in [-0.4, -0.2) is 39.6 Å². The molecule has 1 aliphatic rings. The molecule has 0 saturated carbocycles. The summed E-state index contributed by atoms with van der Waals surface area (Å²) < 4.78 is 32.4. The van der Waals surface area contributed by atoms with Crippen LogP contribution in [0.1, 0.15) is 16.7 Å². The third kappa shape index (κ3) is 5.93. The second-order valence-corrected chi connectivity index (χ2v) is 8.08. The maximum absolute atomic E-state index is 12.2. The first-order valence-corrected chi connectivity index (χ1v) is 10.2. The number of nitrogens with zero attached hydrogens (tertiary/aromatic N) is 1. The van der Waals surface area contributed by atoms with Gasteiger partial charge in [-0.05, 0) is 16.7 Å². The van der Waals surface area contributed by atoms with Gasteiger partial charge in [0.05, 0.1) is 19.0 Å². The zero-order valence-electron chi connectivity index (χ0n) is 14.2. The largest absolute Gasteiger partial charge is 0.379 e. The minimum atomic E-state index is -3.34. The minimum Gasteiger partial charge on any atom is -0.379 e. The fourth-order valence-electron chi connectivity index (χ4n) is 2.82. The maximum atomic E-state index is 12.2. The summed E-state index contributed by atoms with van der Waals surface area (Å²) in [6.07, 6.45) is 0. The van der Waals surface area contributed by atoms with Crippen LogP contribution in [0.5, 0.6) is 0 Å². The van der Waals surface area contributed by atoms with E-state index in [-0.39, 0.29) is 5.75 Å². The van der Waals surface area contributed by atoms with E-state index in [0.29, 0.717) is 6.54 Å². The van der Waals surface area contributed by atoms with Crippen LogP contribution in [0.2, 0.25) is 0 Å². The van der Waals surface area contributed by atoms with Gasteiger partial charge in [0.25, 0.3) is 0 Å². The first-order valence-electron chi connectivity index (χ1n) is 8.50. The number of hydrogen-bond donors (Lipinski definition) is 1. The van der Waals surface area contributed by atoms with Gasteiger partial charge in [0.15, 0.2) is 0 Å². The van der Waals surface area contributed by atoms with E-state index in [4.69, 9.17) is 4.74 Å². The molecule has 0 aromatic heterocycles. The van der Waals surface area contributed by atoms with E-state index in [1.54, 1.807) is 0 Å². The van der Waals surface area contributed by atoms with Crippen molar-refractivity contribution in [3.05, 3.63) is 71.3 Å². The Hall–Kier alpha value is -1.73. The van der Waals surface area contributed by atoms with Gasteiger partial charge in [-0.25, -0.2) is 13.1 Å². The lowest BCUT2D eigenvalue weighted by atomic mass is 10.1. The fourth-order valence-corrected chi connectivity index (χ4v) is 3.94. The van der Waals surface area contributed by atoms with E-state index in [2.05, 4.69) is 21.8 Å². The third-order valence-corrected chi connectivity index (χ3v) is 5.53. The first-order chi connectivity index (χ1) is 12.1. The molecule has 6 heteroatoms. The minimum absolute atomic E-state index is 0.00293. The van der Waals surface area contributed by atoms with Gasteiger partial charge in [0, 0.05) is 26.2 Å². The summed E-state index contributed by atoms with van der Waals surface area (Å²) >= 11 is 0. The molecule has 134 valence electrons. The summed E-state index contributed by atoms with van der Waals surface area (Å²) in [4.78, 5) is 2.36. The van der Waals surface area contributed by atoms with Crippen molar-refractivity contribution in [2.24, 2.45) is 0 Å². The summed E-state index contributed by atoms with van der Waals surface area (Å²) in [5, 5.41) is 0. The Morgan fingerprint density at radius 3 is 2.20 bits per heavy atom. The molecule has 2 aromatic rings. The van der Waals surface area contributed by atoms with E-state index in [9.17, 15) is 8.42 Å². The number of sulfonamides is 1. The molecular formula is C19H24N2O3S. The molecule has 0 amide bonds. The highest BCUT2D eigenvalue weighted by Crippen LogP contribution is 2.10. The van der Waals surface area contributed by atoms with Crippen LogP contribution in [0.15, 0.2) is 54.6 Å². The fraction of sp³-hybridized carbons (Fsp3) is 0.368. The summed E-state index contributed by atoms with van der Waals surface area (Å²) in [5.41, 5.74) is 2.98. The molecule has 1 aliphatic heterocycles. The molecule has 1 heterocycles. The smallest absolute Gasteiger partial charge is 0.216 e. The molecule has 0 spiro atoms. The van der Waals surface area contributed by atoms with Crippen molar-refractivity contribution in [2.45, 2.75) is 18.8 Å². The van der Waals surface area contributed by atoms with Crippen molar-refractivity contribution in [3.8, 4) is 0 Å². The van der Waals surface area contributed by atoms with Crippen molar-refractivity contribution in [2.75, 3.05) is 26.3 Å². The van der Waals surface area contributed by atoms with E-state index in [0.717, 1.165) is 44.0 Å². The van der Waals surface area contributed by atoms with Gasteiger partial charge in [-0.1, -0.05) is 54.6 Å². The molecular weight excluding hydrogens is 336 g/mol. The van der Waals surface area contributed by atoms with Crippen molar-refractivity contribution in [1.29, 1.82) is 0 Å². The Morgan fingerprint density at radius 1 is 0.880 bits per heavy atom. The van der Waals surface area contributed by atoms with Crippen LogP contribution in [0.4, 0.5) is 0 Å². The monoisotopic (exact) mass is 360 g/mol. The van der Waals surface area contributed by atoms with Crippen molar-refractivity contribution in [1.82, 2.24) is 9.62 Å². The average Bonchev–Trinajstić information content (AvgIpc) is 2.63. The van der Waals surface area contributed by atoms with Crippen molar-refractivity contribution >= 4 is 10.0 Å². The predicted octanol–water partition coefficient (Wildman–Crippen LogP) is 2.14. The Balaban J connectivity index is 1.51. The molecule has 2 aromatic carbocycles. The summed E-state index contributed by atoms with van der Waals surface area (Å²) in [6, 6.07) is 17.3. The van der Waals surface area contributed by atoms with E-state index >= 15 is 0 Å². The molecule has 5 nitrogen and oxygen atoms in total. The number of nitrogens with one attached hydrogen (secondary N) is 1. The number of hydrogen-bond acceptors (Lipinski definition) is 4. The SMILES string of the molecule is O=S(=O)(Cc1ccccc1)NCc1ccc(CN2CCOCC2)cc1. The van der Waals surface area contributed by atoms with Crippen LogP contribution in [0, 0.1) is 0 Å². The van der Waals surface area contributed by atoms with Crippen LogP contribution in [-0.2, 0) is 33.6 Å². The number of rotatable bonds is 7. The van der Waals surface area contributed by atoms with Crippen molar-refractivity contribution < 1.29 is 13.2 Å². The lowest BCUT2D eigenvalue weighted by Gasteiger charge is -2.26. The van der Waals surface area contributed by atoms with E-state index in [1.165, 1.54) is 5.56 Å². The second-order valence-electron chi connectivity index (χ2n) is 6.27. The molecule has 0 radical (unpaired) electrons. The van der Waals surface area contributed by atoms with Crippen LogP contribution in [0.3, 0.4) is 0 Å². The standard InChI is InChI=1S/C19H24N2O3S/c22-25(23,16-19-4-2-1-3-5-19)20-14-17-6-8-18(9-7-17)15-21-10-12-24-13-11-21/h1-9,20H,10-16H2. The van der Waals surface area contributed by atoms with E-state index in [1.807, 2.05) is 42.5 Å². The molecule has 1 N–H and O–H groups in total. The predicted molar refractivity (Wildman–Crippen MR) is 98.4 cm³/mol. The molecule has 0 atom stereocenters. The van der Waals surface area contributed by atoms with Gasteiger partial charge < -0.3 is 4.74 Å². The van der Waals surface area contributed by atoms with Gasteiger partial charge in [-0.3, -0.25) is 4.90 Å². The molecule has 1 fully saturated rings. The highest BCUT2D eigenvalue weighted by molar-refractivity contribution is 7.88. The lowest BCUT2D eigenvalue weighted by molar-refractivity contribution is 0.0342. The second kappa shape index (κ2) is 8.58. The van der Waals surface area contributed by atoms with Gasteiger partial charge in [-0.15, -0.1) is 0 Å². The highest BCUT2D eigenvalue weighted by Gasteiger charge is 2.12. The Kier molecular flexibility index (Phi) is 6.20. The highest BCUT2D eigenvalue weighted by atomic mass is 32.2. The van der Waals surface area contributed by atoms with E-state index < -0.39 is 10.0 Å². The molecule has 1 saturated heterocycles. The molecule has 0 bridgehead atoms. The first kappa shape index (κ1) is 18.1. The number of morpholine rings is 1. The third-order valence-electron chi connectivity index (χ3n) is 4.23. The lowest BCUT2D eigenvalue weighted by Crippen LogP contribution is -2.35. The number of benzene rings is 2. The van der Waals surface area contributed by atoms with Gasteiger partial charge in [0.2, 0.25) is 10.0 Å². The Bertz CT molecular complexity index is 755. The van der Waals surface area contributed by atoms with Gasteiger partial charge >= 0.3 is 0 Å². The number of ether oxygens (including phenoxy) is 1. The maximum Gasteiger partial charge on any atom is 0.216 e.